The standard InChI is InChI=1S/C26H44N4O2S2/c1-18(2)20(9-11-21(27)17-33)10-12-23(19(3)4)25(31)30-24(13-15-34-5)26(32)29-16-22-8-6-7-14-28-22/h6-9,11,14,18-21,23-24,33H,10,12-13,15-17,27H2,1-5H3,(H,29,32)(H,30,31)/b11-9+/t20?,21?,23?,24-/m0/s1. The molecule has 192 valence electrons. The maximum Gasteiger partial charge on any atom is 0.242 e. The van der Waals surface area contributed by atoms with Crippen LogP contribution < -0.4 is 16.4 Å². The van der Waals surface area contributed by atoms with Gasteiger partial charge < -0.3 is 16.4 Å². The second kappa shape index (κ2) is 17.0. The van der Waals surface area contributed by atoms with Gasteiger partial charge in [-0.3, -0.25) is 14.6 Å². The van der Waals surface area contributed by atoms with Crippen molar-refractivity contribution in [3.63, 3.8) is 0 Å². The molecule has 1 rings (SSSR count). The number of hydrogen-bond donors (Lipinski definition) is 4. The number of pyridine rings is 1. The SMILES string of the molecule is CSCC[C@H](NC(=O)C(CCC(/C=C/C(N)CS)C(C)C)C(C)C)C(=O)NCc1ccccn1. The van der Waals surface area contributed by atoms with E-state index in [1.807, 2.05) is 30.5 Å². The van der Waals surface area contributed by atoms with E-state index in [-0.39, 0.29) is 29.7 Å². The molecule has 34 heavy (non-hydrogen) atoms. The molecule has 8 heteroatoms. The highest BCUT2D eigenvalue weighted by Gasteiger charge is 2.28. The summed E-state index contributed by atoms with van der Waals surface area (Å²) >= 11 is 5.91. The number of allylic oxidation sites excluding steroid dienone is 1. The van der Waals surface area contributed by atoms with Crippen molar-refractivity contribution in [2.45, 2.75) is 65.6 Å². The summed E-state index contributed by atoms with van der Waals surface area (Å²) in [4.78, 5) is 30.4. The average Bonchev–Trinajstić information content (AvgIpc) is 2.82. The number of carbonyl (C=O) groups excluding carboxylic acids is 2. The largest absolute Gasteiger partial charge is 0.349 e. The van der Waals surface area contributed by atoms with Crippen LogP contribution in [0.25, 0.3) is 0 Å². The Labute approximate surface area is 216 Å². The molecule has 0 aliphatic rings. The van der Waals surface area contributed by atoms with Crippen molar-refractivity contribution in [1.82, 2.24) is 15.6 Å². The lowest BCUT2D eigenvalue weighted by atomic mass is 9.83. The van der Waals surface area contributed by atoms with E-state index in [2.05, 4.69) is 62.0 Å². The maximum absolute atomic E-state index is 13.3. The average molecular weight is 509 g/mol. The van der Waals surface area contributed by atoms with Gasteiger partial charge in [0, 0.05) is 23.9 Å². The van der Waals surface area contributed by atoms with Crippen LogP contribution in [0.5, 0.6) is 0 Å². The zero-order valence-electron chi connectivity index (χ0n) is 21.4. The molecule has 6 nitrogen and oxygen atoms in total. The minimum absolute atomic E-state index is 0.0485. The van der Waals surface area contributed by atoms with Crippen molar-refractivity contribution >= 4 is 36.2 Å². The van der Waals surface area contributed by atoms with Gasteiger partial charge in [-0.2, -0.15) is 24.4 Å². The molecule has 1 aromatic heterocycles. The Morgan fingerprint density at radius 1 is 1.09 bits per heavy atom. The number of nitrogens with zero attached hydrogens (tertiary/aromatic N) is 1. The van der Waals surface area contributed by atoms with Gasteiger partial charge in [-0.15, -0.1) is 0 Å². The van der Waals surface area contributed by atoms with Crippen molar-refractivity contribution in [2.24, 2.45) is 29.4 Å². The summed E-state index contributed by atoms with van der Waals surface area (Å²) in [5.41, 5.74) is 6.78. The third-order valence-corrected chi connectivity index (χ3v) is 7.10. The number of thioether (sulfide) groups is 1. The minimum atomic E-state index is -0.556. The molecule has 0 aliphatic heterocycles. The summed E-state index contributed by atoms with van der Waals surface area (Å²) in [6.45, 7) is 8.86. The first-order valence-electron chi connectivity index (χ1n) is 12.2. The van der Waals surface area contributed by atoms with Gasteiger partial charge in [0.2, 0.25) is 11.8 Å². The lowest BCUT2D eigenvalue weighted by Crippen LogP contribution is -2.49. The Bertz CT molecular complexity index is 744. The van der Waals surface area contributed by atoms with Crippen molar-refractivity contribution in [3.05, 3.63) is 42.2 Å². The number of nitrogens with two attached hydrogens (primary N) is 1. The monoisotopic (exact) mass is 508 g/mol. The number of thiol groups is 1. The molecule has 0 aliphatic carbocycles. The van der Waals surface area contributed by atoms with Gasteiger partial charge in [0.15, 0.2) is 0 Å². The molecule has 0 spiro atoms. The summed E-state index contributed by atoms with van der Waals surface area (Å²) < 4.78 is 0. The predicted molar refractivity (Wildman–Crippen MR) is 148 cm³/mol. The second-order valence-electron chi connectivity index (χ2n) is 9.45. The molecule has 0 saturated carbocycles. The fraction of sp³-hybridized carbons (Fsp3) is 0.654. The van der Waals surface area contributed by atoms with E-state index in [1.165, 1.54) is 0 Å². The maximum atomic E-state index is 13.3. The van der Waals surface area contributed by atoms with Crippen LogP contribution in [0.4, 0.5) is 0 Å². The van der Waals surface area contributed by atoms with Crippen molar-refractivity contribution in [1.29, 1.82) is 0 Å². The fourth-order valence-corrected chi connectivity index (χ4v) is 4.32. The van der Waals surface area contributed by atoms with Gasteiger partial charge in [-0.1, -0.05) is 45.9 Å². The van der Waals surface area contributed by atoms with Crippen molar-refractivity contribution in [2.75, 3.05) is 17.8 Å². The second-order valence-corrected chi connectivity index (χ2v) is 10.8. The van der Waals surface area contributed by atoms with Crippen molar-refractivity contribution in [3.8, 4) is 0 Å². The Morgan fingerprint density at radius 3 is 2.38 bits per heavy atom. The van der Waals surface area contributed by atoms with Crippen LogP contribution in [0, 0.1) is 23.7 Å². The summed E-state index contributed by atoms with van der Waals surface area (Å²) in [6.07, 6.45) is 10.1. The van der Waals surface area contributed by atoms with Crippen LogP contribution in [0.3, 0.4) is 0 Å². The molecule has 0 fully saturated rings. The zero-order valence-corrected chi connectivity index (χ0v) is 23.1. The molecule has 0 aromatic carbocycles. The Morgan fingerprint density at radius 2 is 1.82 bits per heavy atom. The van der Waals surface area contributed by atoms with Crippen LogP contribution >= 0.6 is 24.4 Å². The topological polar surface area (TPSA) is 97.1 Å². The third-order valence-electron chi connectivity index (χ3n) is 6.04. The number of nitrogens with one attached hydrogen (secondary N) is 2. The smallest absolute Gasteiger partial charge is 0.242 e. The number of hydrogen-bond acceptors (Lipinski definition) is 6. The first-order chi connectivity index (χ1) is 16.2. The quantitative estimate of drug-likeness (QED) is 0.199. The highest BCUT2D eigenvalue weighted by Crippen LogP contribution is 2.26. The van der Waals surface area contributed by atoms with Crippen LogP contribution in [-0.2, 0) is 16.1 Å². The first kappa shape index (κ1) is 30.5. The fourth-order valence-electron chi connectivity index (χ4n) is 3.72. The molecule has 4 atom stereocenters. The Hall–Kier alpha value is -1.51. The van der Waals surface area contributed by atoms with Gasteiger partial charge in [0.25, 0.3) is 0 Å². The van der Waals surface area contributed by atoms with E-state index >= 15 is 0 Å². The lowest BCUT2D eigenvalue weighted by molar-refractivity contribution is -0.132. The molecule has 0 saturated heterocycles. The summed E-state index contributed by atoms with van der Waals surface area (Å²) in [6, 6.07) is 4.98. The number of amides is 2. The summed E-state index contributed by atoms with van der Waals surface area (Å²) in [5, 5.41) is 5.98. The number of carbonyl (C=O) groups is 2. The highest BCUT2D eigenvalue weighted by molar-refractivity contribution is 7.98. The van der Waals surface area contributed by atoms with Crippen LogP contribution in [-0.4, -0.2) is 46.6 Å². The van der Waals surface area contributed by atoms with E-state index < -0.39 is 6.04 Å². The normalized spacial score (nSPS) is 15.3. The Balaban J connectivity index is 2.80. The summed E-state index contributed by atoms with van der Waals surface area (Å²) in [7, 11) is 0. The van der Waals surface area contributed by atoms with E-state index in [9.17, 15) is 9.59 Å². The lowest BCUT2D eigenvalue weighted by Gasteiger charge is -2.26. The van der Waals surface area contributed by atoms with Crippen LogP contribution in [0.2, 0.25) is 0 Å². The molecule has 0 bridgehead atoms. The Kier molecular flexibility index (Phi) is 15.3. The zero-order chi connectivity index (χ0) is 25.5. The molecular weight excluding hydrogens is 464 g/mol. The summed E-state index contributed by atoms with van der Waals surface area (Å²) in [5.74, 6) is 1.99. The van der Waals surface area contributed by atoms with E-state index in [0.29, 0.717) is 30.6 Å². The van der Waals surface area contributed by atoms with E-state index in [1.54, 1.807) is 18.0 Å². The molecule has 1 heterocycles. The van der Waals surface area contributed by atoms with Crippen molar-refractivity contribution < 1.29 is 9.59 Å². The number of rotatable bonds is 16. The molecular formula is C26H44N4O2S2. The van der Waals surface area contributed by atoms with Gasteiger partial charge >= 0.3 is 0 Å². The number of aromatic nitrogens is 1. The highest BCUT2D eigenvalue weighted by atomic mass is 32.2. The molecule has 0 radical (unpaired) electrons. The minimum Gasteiger partial charge on any atom is -0.349 e. The van der Waals surface area contributed by atoms with Gasteiger partial charge in [0.1, 0.15) is 6.04 Å². The third kappa shape index (κ3) is 11.8. The van der Waals surface area contributed by atoms with Gasteiger partial charge in [-0.25, -0.2) is 0 Å². The molecule has 4 N–H and O–H groups in total. The molecule has 3 unspecified atom stereocenters. The van der Waals surface area contributed by atoms with Gasteiger partial charge in [-0.05, 0) is 61.2 Å². The predicted octanol–water partition coefficient (Wildman–Crippen LogP) is 4.07. The van der Waals surface area contributed by atoms with E-state index in [4.69, 9.17) is 5.73 Å². The van der Waals surface area contributed by atoms with Crippen LogP contribution in [0.15, 0.2) is 36.5 Å². The van der Waals surface area contributed by atoms with E-state index in [0.717, 1.165) is 24.3 Å². The molecule has 2 amide bonds. The van der Waals surface area contributed by atoms with Gasteiger partial charge in [0.05, 0.1) is 12.2 Å². The van der Waals surface area contributed by atoms with Crippen LogP contribution in [0.1, 0.15) is 52.7 Å². The first-order valence-corrected chi connectivity index (χ1v) is 14.2. The molecule has 1 aromatic rings.